The standard InChI is InChI=1S/C17H27NO2S/c1-2-3-5-10-17(15-8-6-4-7-9-15)18-16-11-13-21(19,20)14-12-16/h4,6-9,16-18H,2-3,5,10-14H2,1H3. The summed E-state index contributed by atoms with van der Waals surface area (Å²) in [5.74, 6) is 0.669. The highest BCUT2D eigenvalue weighted by Crippen LogP contribution is 2.23. The van der Waals surface area contributed by atoms with Gasteiger partial charge in [0.05, 0.1) is 11.5 Å². The van der Waals surface area contributed by atoms with Gasteiger partial charge in [-0.15, -0.1) is 0 Å². The van der Waals surface area contributed by atoms with Crippen molar-refractivity contribution in [3.05, 3.63) is 35.9 Å². The molecule has 21 heavy (non-hydrogen) atoms. The van der Waals surface area contributed by atoms with E-state index in [0.29, 0.717) is 23.6 Å². The van der Waals surface area contributed by atoms with Crippen molar-refractivity contribution in [1.82, 2.24) is 5.32 Å². The third-order valence-electron chi connectivity index (χ3n) is 4.29. The van der Waals surface area contributed by atoms with Gasteiger partial charge in [0.2, 0.25) is 0 Å². The summed E-state index contributed by atoms with van der Waals surface area (Å²) in [6, 6.07) is 11.2. The van der Waals surface area contributed by atoms with E-state index in [1.54, 1.807) is 0 Å². The van der Waals surface area contributed by atoms with E-state index >= 15 is 0 Å². The molecule has 0 bridgehead atoms. The third-order valence-corrected chi connectivity index (χ3v) is 6.01. The van der Waals surface area contributed by atoms with E-state index in [1.165, 1.54) is 24.8 Å². The molecule has 1 aliphatic rings. The number of rotatable bonds is 7. The van der Waals surface area contributed by atoms with Gasteiger partial charge in [-0.1, -0.05) is 56.5 Å². The molecule has 2 rings (SSSR count). The quantitative estimate of drug-likeness (QED) is 0.784. The Morgan fingerprint density at radius 3 is 2.43 bits per heavy atom. The van der Waals surface area contributed by atoms with Gasteiger partial charge in [0.1, 0.15) is 9.84 Å². The monoisotopic (exact) mass is 309 g/mol. The zero-order valence-corrected chi connectivity index (χ0v) is 13.7. The topological polar surface area (TPSA) is 46.2 Å². The number of hydrogen-bond acceptors (Lipinski definition) is 3. The first-order valence-electron chi connectivity index (χ1n) is 8.12. The summed E-state index contributed by atoms with van der Waals surface area (Å²) in [4.78, 5) is 0. The number of sulfone groups is 1. The lowest BCUT2D eigenvalue weighted by Crippen LogP contribution is -2.39. The molecule has 1 aromatic rings. The minimum absolute atomic E-state index is 0.334. The highest BCUT2D eigenvalue weighted by molar-refractivity contribution is 7.91. The van der Waals surface area contributed by atoms with Crippen molar-refractivity contribution in [3.63, 3.8) is 0 Å². The van der Waals surface area contributed by atoms with Gasteiger partial charge in [-0.25, -0.2) is 8.42 Å². The van der Waals surface area contributed by atoms with Crippen LogP contribution < -0.4 is 5.32 Å². The molecule has 0 saturated carbocycles. The second-order valence-electron chi connectivity index (χ2n) is 6.05. The van der Waals surface area contributed by atoms with E-state index in [4.69, 9.17) is 0 Å². The Morgan fingerprint density at radius 2 is 1.81 bits per heavy atom. The summed E-state index contributed by atoms with van der Waals surface area (Å²) in [7, 11) is -2.78. The Balaban J connectivity index is 1.96. The van der Waals surface area contributed by atoms with Crippen molar-refractivity contribution < 1.29 is 8.42 Å². The zero-order valence-electron chi connectivity index (χ0n) is 12.9. The van der Waals surface area contributed by atoms with Crippen molar-refractivity contribution in [3.8, 4) is 0 Å². The number of nitrogens with one attached hydrogen (secondary N) is 1. The van der Waals surface area contributed by atoms with Crippen molar-refractivity contribution >= 4 is 9.84 Å². The van der Waals surface area contributed by atoms with Gasteiger partial charge in [-0.05, 0) is 24.8 Å². The summed E-state index contributed by atoms with van der Waals surface area (Å²) < 4.78 is 23.1. The average molecular weight is 309 g/mol. The van der Waals surface area contributed by atoms with Crippen LogP contribution in [0.4, 0.5) is 0 Å². The summed E-state index contributed by atoms with van der Waals surface area (Å²) in [6.45, 7) is 2.22. The molecule has 1 aromatic carbocycles. The van der Waals surface area contributed by atoms with Crippen molar-refractivity contribution in [2.45, 2.75) is 57.5 Å². The van der Waals surface area contributed by atoms with Crippen LogP contribution in [0.3, 0.4) is 0 Å². The van der Waals surface area contributed by atoms with Crippen LogP contribution in [0, 0.1) is 0 Å². The van der Waals surface area contributed by atoms with E-state index in [0.717, 1.165) is 19.3 Å². The van der Waals surface area contributed by atoms with Crippen LogP contribution in [0.15, 0.2) is 30.3 Å². The smallest absolute Gasteiger partial charge is 0.150 e. The lowest BCUT2D eigenvalue weighted by Gasteiger charge is -2.29. The first-order chi connectivity index (χ1) is 10.1. The molecule has 3 nitrogen and oxygen atoms in total. The second-order valence-corrected chi connectivity index (χ2v) is 8.36. The number of unbranched alkanes of at least 4 members (excludes halogenated alkanes) is 2. The minimum Gasteiger partial charge on any atom is -0.307 e. The molecule has 0 amide bonds. The van der Waals surface area contributed by atoms with E-state index in [1.807, 2.05) is 6.07 Å². The Hall–Kier alpha value is -0.870. The number of benzene rings is 1. The van der Waals surface area contributed by atoms with Crippen LogP contribution in [0.25, 0.3) is 0 Å². The molecule has 0 spiro atoms. The van der Waals surface area contributed by atoms with Crippen LogP contribution in [0.1, 0.15) is 57.1 Å². The molecule has 4 heteroatoms. The molecular weight excluding hydrogens is 282 g/mol. The molecule has 1 unspecified atom stereocenters. The molecular formula is C17H27NO2S. The average Bonchev–Trinajstić information content (AvgIpc) is 2.49. The van der Waals surface area contributed by atoms with Crippen LogP contribution in [-0.2, 0) is 9.84 Å². The zero-order chi connectivity index (χ0) is 15.1. The predicted octanol–water partition coefficient (Wildman–Crippen LogP) is 3.47. The summed E-state index contributed by atoms with van der Waals surface area (Å²) in [5, 5.41) is 3.70. The largest absolute Gasteiger partial charge is 0.307 e. The molecule has 1 fully saturated rings. The summed E-state index contributed by atoms with van der Waals surface area (Å²) in [6.07, 6.45) is 6.32. The van der Waals surface area contributed by atoms with Crippen molar-refractivity contribution in [1.29, 1.82) is 0 Å². The number of hydrogen-bond donors (Lipinski definition) is 1. The molecule has 0 aliphatic carbocycles. The predicted molar refractivity (Wildman–Crippen MR) is 88.1 cm³/mol. The third kappa shape index (κ3) is 5.44. The normalized spacial score (nSPS) is 20.2. The van der Waals surface area contributed by atoms with Crippen LogP contribution in [0.2, 0.25) is 0 Å². The molecule has 118 valence electrons. The van der Waals surface area contributed by atoms with E-state index in [2.05, 4.69) is 36.5 Å². The highest BCUT2D eigenvalue weighted by atomic mass is 32.2. The van der Waals surface area contributed by atoms with Gasteiger partial charge in [-0.3, -0.25) is 0 Å². The molecule has 0 aromatic heterocycles. The second kappa shape index (κ2) is 7.95. The molecule has 0 radical (unpaired) electrons. The summed E-state index contributed by atoms with van der Waals surface area (Å²) in [5.41, 5.74) is 1.32. The van der Waals surface area contributed by atoms with Gasteiger partial charge >= 0.3 is 0 Å². The Bertz CT molecular complexity index is 499. The molecule has 1 N–H and O–H groups in total. The van der Waals surface area contributed by atoms with E-state index < -0.39 is 9.84 Å². The van der Waals surface area contributed by atoms with Gasteiger partial charge in [0, 0.05) is 12.1 Å². The lowest BCUT2D eigenvalue weighted by molar-refractivity contribution is 0.381. The fourth-order valence-corrected chi connectivity index (χ4v) is 4.46. The minimum atomic E-state index is -2.78. The Kier molecular flexibility index (Phi) is 6.24. The van der Waals surface area contributed by atoms with Crippen molar-refractivity contribution in [2.24, 2.45) is 0 Å². The maximum absolute atomic E-state index is 11.5. The summed E-state index contributed by atoms with van der Waals surface area (Å²) >= 11 is 0. The maximum Gasteiger partial charge on any atom is 0.150 e. The lowest BCUT2D eigenvalue weighted by atomic mass is 9.98. The van der Waals surface area contributed by atoms with Gasteiger partial charge in [0.15, 0.2) is 0 Å². The van der Waals surface area contributed by atoms with Crippen molar-refractivity contribution in [2.75, 3.05) is 11.5 Å². The Morgan fingerprint density at radius 1 is 1.14 bits per heavy atom. The first kappa shape index (κ1) is 16.5. The maximum atomic E-state index is 11.5. The first-order valence-corrected chi connectivity index (χ1v) is 9.94. The van der Waals surface area contributed by atoms with E-state index in [-0.39, 0.29) is 0 Å². The highest BCUT2D eigenvalue weighted by Gasteiger charge is 2.25. The SMILES string of the molecule is CCCCCC(NC1CCS(=O)(=O)CC1)c1ccccc1. The molecule has 1 aliphatic heterocycles. The van der Waals surface area contributed by atoms with Gasteiger partial charge < -0.3 is 5.32 Å². The fraction of sp³-hybridized carbons (Fsp3) is 0.647. The fourth-order valence-electron chi connectivity index (χ4n) is 2.97. The van der Waals surface area contributed by atoms with Gasteiger partial charge in [-0.2, -0.15) is 0 Å². The van der Waals surface area contributed by atoms with Crippen LogP contribution in [0.5, 0.6) is 0 Å². The molecule has 1 atom stereocenters. The van der Waals surface area contributed by atoms with E-state index in [9.17, 15) is 8.42 Å². The van der Waals surface area contributed by atoms with Gasteiger partial charge in [0.25, 0.3) is 0 Å². The molecule has 1 heterocycles. The van der Waals surface area contributed by atoms with Crippen LogP contribution in [-0.4, -0.2) is 26.0 Å². The molecule has 1 saturated heterocycles. The Labute approximate surface area is 129 Å². The van der Waals surface area contributed by atoms with Crippen LogP contribution >= 0.6 is 0 Å².